The van der Waals surface area contributed by atoms with Crippen LogP contribution in [-0.2, 0) is 11.0 Å². The molecule has 9 heteroatoms. The zero-order valence-electron chi connectivity index (χ0n) is 13.0. The summed E-state index contributed by atoms with van der Waals surface area (Å²) in [6, 6.07) is 6.75. The summed E-state index contributed by atoms with van der Waals surface area (Å²) in [6.07, 6.45) is -1.63. The minimum atomic E-state index is -4.60. The Labute approximate surface area is 139 Å². The Hall–Kier alpha value is -3.10. The number of aromatic nitrogens is 3. The lowest BCUT2D eigenvalue weighted by atomic mass is 10.1. The molecule has 0 saturated heterocycles. The molecular weight excluding hydrogens is 337 g/mol. The van der Waals surface area contributed by atoms with E-state index in [1.54, 1.807) is 18.3 Å². The van der Waals surface area contributed by atoms with Gasteiger partial charge in [-0.3, -0.25) is 9.59 Å². The van der Waals surface area contributed by atoms with Crippen LogP contribution in [0.3, 0.4) is 0 Å². The van der Waals surface area contributed by atoms with Crippen molar-refractivity contribution in [3.05, 3.63) is 64.8 Å². The van der Waals surface area contributed by atoms with Gasteiger partial charge in [0.1, 0.15) is 17.9 Å². The summed E-state index contributed by atoms with van der Waals surface area (Å²) in [7, 11) is 0. The fourth-order valence-corrected chi connectivity index (χ4v) is 2.42. The third-order valence-corrected chi connectivity index (χ3v) is 3.74. The van der Waals surface area contributed by atoms with E-state index >= 15 is 0 Å². The van der Waals surface area contributed by atoms with Crippen LogP contribution in [0.15, 0.2) is 53.7 Å². The molecule has 0 aliphatic heterocycles. The number of carbonyl (C=O) groups excluding carboxylic acids is 1. The number of nitrogens with zero attached hydrogens (tertiary/aromatic N) is 3. The van der Waals surface area contributed by atoms with Gasteiger partial charge in [-0.1, -0.05) is 12.1 Å². The van der Waals surface area contributed by atoms with Crippen molar-refractivity contribution in [3.63, 3.8) is 0 Å². The molecule has 6 nitrogen and oxygen atoms in total. The zero-order chi connectivity index (χ0) is 18.2. The molecular formula is C16H13F3N4O2. The lowest BCUT2D eigenvalue weighted by Gasteiger charge is -2.17. The molecule has 0 aliphatic rings. The van der Waals surface area contributed by atoms with E-state index in [1.165, 1.54) is 29.8 Å². The van der Waals surface area contributed by atoms with Crippen molar-refractivity contribution in [1.82, 2.24) is 14.2 Å². The van der Waals surface area contributed by atoms with E-state index in [2.05, 4.69) is 10.4 Å². The van der Waals surface area contributed by atoms with E-state index < -0.39 is 29.2 Å². The number of hydrogen-bond donors (Lipinski definition) is 1. The van der Waals surface area contributed by atoms with E-state index in [0.717, 1.165) is 16.8 Å². The van der Waals surface area contributed by atoms with Gasteiger partial charge in [-0.25, -0.2) is 4.68 Å². The molecule has 0 bridgehead atoms. The van der Waals surface area contributed by atoms with Gasteiger partial charge in [-0.2, -0.15) is 18.3 Å². The first-order valence-corrected chi connectivity index (χ1v) is 7.30. The van der Waals surface area contributed by atoms with Gasteiger partial charge in [0.15, 0.2) is 0 Å². The molecule has 130 valence electrons. The quantitative estimate of drug-likeness (QED) is 0.790. The number of anilines is 1. The van der Waals surface area contributed by atoms with Crippen molar-refractivity contribution in [3.8, 4) is 0 Å². The predicted molar refractivity (Wildman–Crippen MR) is 84.2 cm³/mol. The van der Waals surface area contributed by atoms with Crippen LogP contribution in [0.4, 0.5) is 18.9 Å². The Bertz CT molecular complexity index is 991. The topological polar surface area (TPSA) is 68.4 Å². The number of amides is 1. The normalized spacial score (nSPS) is 13.0. The van der Waals surface area contributed by atoms with Crippen molar-refractivity contribution in [2.24, 2.45) is 0 Å². The first kappa shape index (κ1) is 16.7. The Kier molecular flexibility index (Phi) is 4.07. The second-order valence-corrected chi connectivity index (χ2v) is 5.39. The Morgan fingerprint density at radius 2 is 1.92 bits per heavy atom. The number of nitrogens with one attached hydrogen (secondary N) is 1. The number of rotatable bonds is 3. The summed E-state index contributed by atoms with van der Waals surface area (Å²) in [5.41, 5.74) is -1.54. The van der Waals surface area contributed by atoms with E-state index in [0.29, 0.717) is 5.52 Å². The molecule has 0 saturated carbocycles. The highest BCUT2D eigenvalue weighted by atomic mass is 19.4. The van der Waals surface area contributed by atoms with Crippen molar-refractivity contribution in [2.75, 3.05) is 5.32 Å². The number of fused-ring (bicyclic) bond motifs is 1. The number of carbonyl (C=O) groups is 1. The molecule has 0 fully saturated rings. The van der Waals surface area contributed by atoms with E-state index in [-0.39, 0.29) is 5.69 Å². The largest absolute Gasteiger partial charge is 0.418 e. The highest BCUT2D eigenvalue weighted by Gasteiger charge is 2.34. The van der Waals surface area contributed by atoms with E-state index in [1.807, 2.05) is 0 Å². The van der Waals surface area contributed by atoms with Gasteiger partial charge in [-0.05, 0) is 31.2 Å². The van der Waals surface area contributed by atoms with Gasteiger partial charge in [0.05, 0.1) is 11.3 Å². The smallest absolute Gasteiger partial charge is 0.324 e. The van der Waals surface area contributed by atoms with E-state index in [9.17, 15) is 22.8 Å². The third-order valence-electron chi connectivity index (χ3n) is 3.74. The summed E-state index contributed by atoms with van der Waals surface area (Å²) in [4.78, 5) is 24.7. The van der Waals surface area contributed by atoms with Crippen LogP contribution in [0.5, 0.6) is 0 Å². The molecule has 2 aromatic heterocycles. The second-order valence-electron chi connectivity index (χ2n) is 5.39. The molecule has 1 atom stereocenters. The van der Waals surface area contributed by atoms with Crippen LogP contribution in [0, 0.1) is 0 Å². The molecule has 3 aromatic rings. The van der Waals surface area contributed by atoms with Crippen LogP contribution in [0.25, 0.3) is 5.52 Å². The second kappa shape index (κ2) is 6.08. The lowest BCUT2D eigenvalue weighted by Crippen LogP contribution is -2.34. The minimum Gasteiger partial charge on any atom is -0.324 e. The number of alkyl halides is 3. The molecule has 1 unspecified atom stereocenters. The van der Waals surface area contributed by atoms with Crippen molar-refractivity contribution in [2.45, 2.75) is 19.1 Å². The van der Waals surface area contributed by atoms with Gasteiger partial charge in [0.25, 0.3) is 5.56 Å². The maximum atomic E-state index is 13.0. The SMILES string of the molecule is CC(C(=O)Nc1ccccc1C(F)(F)F)n1ncn2cccc2c1=O. The van der Waals surface area contributed by atoms with Crippen LogP contribution in [0.1, 0.15) is 18.5 Å². The van der Waals surface area contributed by atoms with Crippen molar-refractivity contribution >= 4 is 17.1 Å². The van der Waals surface area contributed by atoms with Crippen LogP contribution in [0.2, 0.25) is 0 Å². The van der Waals surface area contributed by atoms with Gasteiger partial charge < -0.3 is 9.72 Å². The van der Waals surface area contributed by atoms with Crippen LogP contribution < -0.4 is 10.9 Å². The summed E-state index contributed by atoms with van der Waals surface area (Å²) < 4.78 is 41.4. The predicted octanol–water partition coefficient (Wildman–Crippen LogP) is 2.71. The molecule has 25 heavy (non-hydrogen) atoms. The average molecular weight is 350 g/mol. The van der Waals surface area contributed by atoms with Gasteiger partial charge >= 0.3 is 6.18 Å². The molecule has 1 amide bonds. The molecule has 1 N–H and O–H groups in total. The Morgan fingerprint density at radius 1 is 1.20 bits per heavy atom. The third kappa shape index (κ3) is 3.12. The lowest BCUT2D eigenvalue weighted by molar-refractivity contribution is -0.137. The van der Waals surface area contributed by atoms with Gasteiger partial charge in [-0.15, -0.1) is 0 Å². The maximum absolute atomic E-state index is 13.0. The van der Waals surface area contributed by atoms with Gasteiger partial charge in [0, 0.05) is 6.20 Å². The zero-order valence-corrected chi connectivity index (χ0v) is 13.0. The summed E-state index contributed by atoms with van der Waals surface area (Å²) in [6.45, 7) is 1.39. The maximum Gasteiger partial charge on any atom is 0.418 e. The summed E-state index contributed by atoms with van der Waals surface area (Å²) in [5, 5.41) is 6.12. The molecule has 0 spiro atoms. The summed E-state index contributed by atoms with van der Waals surface area (Å²) in [5.74, 6) is -0.776. The number of benzene rings is 1. The van der Waals surface area contributed by atoms with Crippen LogP contribution >= 0.6 is 0 Å². The van der Waals surface area contributed by atoms with E-state index in [4.69, 9.17) is 0 Å². The molecule has 0 aliphatic carbocycles. The molecule has 2 heterocycles. The van der Waals surface area contributed by atoms with Gasteiger partial charge in [0.2, 0.25) is 5.91 Å². The highest BCUT2D eigenvalue weighted by Crippen LogP contribution is 2.34. The number of halogens is 3. The molecule has 1 aromatic carbocycles. The fourth-order valence-electron chi connectivity index (χ4n) is 2.42. The Morgan fingerprint density at radius 3 is 2.64 bits per heavy atom. The van der Waals surface area contributed by atoms with Crippen LogP contribution in [-0.4, -0.2) is 20.1 Å². The minimum absolute atomic E-state index is 0.311. The number of para-hydroxylation sites is 1. The standard InChI is InChI=1S/C16H13F3N4O2/c1-10(23-15(25)13-7-4-8-22(13)9-20-23)14(24)21-12-6-3-2-5-11(12)16(17,18)19/h2-10H,1H3,(H,21,24). The number of hydrogen-bond acceptors (Lipinski definition) is 3. The fraction of sp³-hybridized carbons (Fsp3) is 0.188. The van der Waals surface area contributed by atoms with Crippen molar-refractivity contribution in [1.29, 1.82) is 0 Å². The monoisotopic (exact) mass is 350 g/mol. The molecule has 3 rings (SSSR count). The summed E-state index contributed by atoms with van der Waals surface area (Å²) >= 11 is 0. The molecule has 0 radical (unpaired) electrons. The first-order valence-electron chi connectivity index (χ1n) is 7.30. The van der Waals surface area contributed by atoms with Crippen molar-refractivity contribution < 1.29 is 18.0 Å². The Balaban J connectivity index is 1.91. The highest BCUT2D eigenvalue weighted by molar-refractivity contribution is 5.94. The average Bonchev–Trinajstić information content (AvgIpc) is 3.03. The first-order chi connectivity index (χ1) is 11.8.